The second-order valence-electron chi connectivity index (χ2n) is 6.63. The van der Waals surface area contributed by atoms with E-state index in [0.29, 0.717) is 11.5 Å². The molecule has 1 aliphatic carbocycles. The van der Waals surface area contributed by atoms with Gasteiger partial charge in [0.2, 0.25) is 0 Å². The maximum atomic E-state index is 12.4. The fourth-order valence-electron chi connectivity index (χ4n) is 3.33. The van der Waals surface area contributed by atoms with E-state index < -0.39 is 0 Å². The Morgan fingerprint density at radius 3 is 2.85 bits per heavy atom. The van der Waals surface area contributed by atoms with Crippen LogP contribution >= 0.6 is 0 Å². The molecule has 0 bridgehead atoms. The molecule has 1 aromatic heterocycles. The van der Waals surface area contributed by atoms with Crippen LogP contribution in [0.5, 0.6) is 0 Å². The molecule has 3 rings (SSSR count). The number of aromatic nitrogens is 1. The predicted molar refractivity (Wildman–Crippen MR) is 79.9 cm³/mol. The SMILES string of the molecule is CC1(CNC(=O)c2cccn2C2CCNCC2)CCC1. The van der Waals surface area contributed by atoms with E-state index in [1.807, 2.05) is 12.1 Å². The molecule has 0 radical (unpaired) electrons. The van der Waals surface area contributed by atoms with Gasteiger partial charge >= 0.3 is 0 Å². The van der Waals surface area contributed by atoms with Gasteiger partial charge < -0.3 is 15.2 Å². The number of amides is 1. The summed E-state index contributed by atoms with van der Waals surface area (Å²) in [6.07, 6.45) is 8.04. The van der Waals surface area contributed by atoms with E-state index in [-0.39, 0.29) is 5.91 Å². The minimum absolute atomic E-state index is 0.0849. The summed E-state index contributed by atoms with van der Waals surface area (Å²) in [6, 6.07) is 4.40. The van der Waals surface area contributed by atoms with Crippen LogP contribution in [0.3, 0.4) is 0 Å². The molecule has 0 unspecified atom stereocenters. The first kappa shape index (κ1) is 13.7. The quantitative estimate of drug-likeness (QED) is 0.886. The summed E-state index contributed by atoms with van der Waals surface area (Å²) >= 11 is 0. The number of piperidine rings is 1. The molecule has 2 fully saturated rings. The van der Waals surface area contributed by atoms with E-state index in [4.69, 9.17) is 0 Å². The van der Waals surface area contributed by atoms with Gasteiger partial charge in [-0.3, -0.25) is 4.79 Å². The van der Waals surface area contributed by atoms with Gasteiger partial charge in [-0.25, -0.2) is 0 Å². The molecule has 2 aliphatic rings. The van der Waals surface area contributed by atoms with Crippen molar-refractivity contribution in [2.45, 2.75) is 45.1 Å². The van der Waals surface area contributed by atoms with Gasteiger partial charge in [-0.15, -0.1) is 0 Å². The van der Waals surface area contributed by atoms with E-state index in [2.05, 4.69) is 28.3 Å². The number of nitrogens with one attached hydrogen (secondary N) is 2. The molecule has 4 heteroatoms. The van der Waals surface area contributed by atoms with E-state index >= 15 is 0 Å². The van der Waals surface area contributed by atoms with Crippen molar-refractivity contribution in [3.63, 3.8) is 0 Å². The van der Waals surface area contributed by atoms with Crippen molar-refractivity contribution in [3.8, 4) is 0 Å². The van der Waals surface area contributed by atoms with E-state index in [1.165, 1.54) is 19.3 Å². The molecule has 1 saturated carbocycles. The third-order valence-corrected chi connectivity index (χ3v) is 4.95. The third kappa shape index (κ3) is 2.75. The molecule has 1 amide bonds. The minimum Gasteiger partial charge on any atom is -0.350 e. The van der Waals surface area contributed by atoms with Gasteiger partial charge in [-0.1, -0.05) is 13.3 Å². The molecule has 1 saturated heterocycles. The summed E-state index contributed by atoms with van der Waals surface area (Å²) < 4.78 is 2.17. The summed E-state index contributed by atoms with van der Waals surface area (Å²) in [6.45, 7) is 5.16. The highest BCUT2D eigenvalue weighted by atomic mass is 16.1. The normalized spacial score (nSPS) is 22.2. The zero-order chi connectivity index (χ0) is 14.0. The summed E-state index contributed by atoms with van der Waals surface area (Å²) in [5.74, 6) is 0.0849. The number of nitrogens with zero attached hydrogens (tertiary/aromatic N) is 1. The molecular weight excluding hydrogens is 250 g/mol. The van der Waals surface area contributed by atoms with Crippen molar-refractivity contribution < 1.29 is 4.79 Å². The maximum Gasteiger partial charge on any atom is 0.267 e. The Morgan fingerprint density at radius 1 is 1.45 bits per heavy atom. The smallest absolute Gasteiger partial charge is 0.267 e. The lowest BCUT2D eigenvalue weighted by Crippen LogP contribution is -2.40. The van der Waals surface area contributed by atoms with Crippen LogP contribution in [-0.4, -0.2) is 30.1 Å². The number of hydrogen-bond acceptors (Lipinski definition) is 2. The zero-order valence-electron chi connectivity index (χ0n) is 12.3. The summed E-state index contributed by atoms with van der Waals surface area (Å²) in [7, 11) is 0. The van der Waals surface area contributed by atoms with Crippen molar-refractivity contribution >= 4 is 5.91 Å². The van der Waals surface area contributed by atoms with Crippen LogP contribution in [0.15, 0.2) is 18.3 Å². The van der Waals surface area contributed by atoms with Gasteiger partial charge in [0, 0.05) is 18.8 Å². The van der Waals surface area contributed by atoms with E-state index in [0.717, 1.165) is 38.2 Å². The first-order valence-corrected chi connectivity index (χ1v) is 7.84. The van der Waals surface area contributed by atoms with Gasteiger partial charge in [-0.05, 0) is 56.3 Å². The Hall–Kier alpha value is -1.29. The van der Waals surface area contributed by atoms with Gasteiger partial charge in [-0.2, -0.15) is 0 Å². The first-order valence-electron chi connectivity index (χ1n) is 7.84. The summed E-state index contributed by atoms with van der Waals surface area (Å²) in [4.78, 5) is 12.4. The molecule has 4 nitrogen and oxygen atoms in total. The molecule has 0 atom stereocenters. The van der Waals surface area contributed by atoms with Crippen molar-refractivity contribution in [3.05, 3.63) is 24.0 Å². The summed E-state index contributed by atoms with van der Waals surface area (Å²) in [5.41, 5.74) is 1.15. The third-order valence-electron chi connectivity index (χ3n) is 4.95. The van der Waals surface area contributed by atoms with E-state index in [1.54, 1.807) is 0 Å². The molecule has 2 heterocycles. The van der Waals surface area contributed by atoms with Crippen molar-refractivity contribution in [1.82, 2.24) is 15.2 Å². The van der Waals surface area contributed by atoms with Crippen molar-refractivity contribution in [2.24, 2.45) is 5.41 Å². The molecule has 1 aliphatic heterocycles. The van der Waals surface area contributed by atoms with Crippen LogP contribution in [0.25, 0.3) is 0 Å². The highest BCUT2D eigenvalue weighted by Gasteiger charge is 2.32. The molecule has 20 heavy (non-hydrogen) atoms. The maximum absolute atomic E-state index is 12.4. The number of carbonyl (C=O) groups excluding carboxylic acids is 1. The van der Waals surface area contributed by atoms with Gasteiger partial charge in [0.15, 0.2) is 0 Å². The molecule has 0 aromatic carbocycles. The lowest BCUT2D eigenvalue weighted by atomic mass is 9.70. The Kier molecular flexibility index (Phi) is 3.83. The van der Waals surface area contributed by atoms with Crippen molar-refractivity contribution in [1.29, 1.82) is 0 Å². The molecule has 110 valence electrons. The average molecular weight is 275 g/mol. The number of hydrogen-bond donors (Lipinski definition) is 2. The van der Waals surface area contributed by atoms with Gasteiger partial charge in [0.05, 0.1) is 0 Å². The molecular formula is C16H25N3O. The van der Waals surface area contributed by atoms with Gasteiger partial charge in [0.25, 0.3) is 5.91 Å². The number of rotatable bonds is 4. The van der Waals surface area contributed by atoms with E-state index in [9.17, 15) is 4.79 Å². The lowest BCUT2D eigenvalue weighted by Gasteiger charge is -2.38. The Labute approximate surface area is 120 Å². The topological polar surface area (TPSA) is 46.1 Å². The predicted octanol–water partition coefficient (Wildman–Crippen LogP) is 2.33. The van der Waals surface area contributed by atoms with Crippen molar-refractivity contribution in [2.75, 3.05) is 19.6 Å². The highest BCUT2D eigenvalue weighted by molar-refractivity contribution is 5.92. The van der Waals surface area contributed by atoms with Crippen LogP contribution in [-0.2, 0) is 0 Å². The second kappa shape index (κ2) is 5.60. The zero-order valence-corrected chi connectivity index (χ0v) is 12.3. The van der Waals surface area contributed by atoms with Gasteiger partial charge in [0.1, 0.15) is 5.69 Å². The van der Waals surface area contributed by atoms with Crippen LogP contribution in [0.1, 0.15) is 55.6 Å². The molecule has 1 aromatic rings. The fraction of sp³-hybridized carbons (Fsp3) is 0.688. The van der Waals surface area contributed by atoms with Crippen LogP contribution < -0.4 is 10.6 Å². The lowest BCUT2D eigenvalue weighted by molar-refractivity contribution is 0.0878. The van der Waals surface area contributed by atoms with Crippen LogP contribution in [0.2, 0.25) is 0 Å². The Balaban J connectivity index is 1.64. The minimum atomic E-state index is 0.0849. The average Bonchev–Trinajstić information content (AvgIpc) is 2.93. The Bertz CT molecular complexity index is 470. The first-order chi connectivity index (χ1) is 9.68. The monoisotopic (exact) mass is 275 g/mol. The second-order valence-corrected chi connectivity index (χ2v) is 6.63. The van der Waals surface area contributed by atoms with Crippen LogP contribution in [0, 0.1) is 5.41 Å². The van der Waals surface area contributed by atoms with Crippen LogP contribution in [0.4, 0.5) is 0 Å². The largest absolute Gasteiger partial charge is 0.350 e. The molecule has 2 N–H and O–H groups in total. The highest BCUT2D eigenvalue weighted by Crippen LogP contribution is 2.39. The Morgan fingerprint density at radius 2 is 2.20 bits per heavy atom. The standard InChI is InChI=1S/C16H25N3O/c1-16(7-3-8-16)12-18-15(20)14-4-2-11-19(14)13-5-9-17-10-6-13/h2,4,11,13,17H,3,5-10,12H2,1H3,(H,18,20). The molecule has 0 spiro atoms. The fourth-order valence-corrected chi connectivity index (χ4v) is 3.33. The number of carbonyl (C=O) groups is 1. The summed E-state index contributed by atoms with van der Waals surface area (Å²) in [5, 5.41) is 6.50.